The molecule has 2 aliphatic heterocycles. The molecule has 1 aliphatic carbocycles. The highest BCUT2D eigenvalue weighted by Gasteiger charge is 2.54. The van der Waals surface area contributed by atoms with Gasteiger partial charge in [-0.2, -0.15) is 0 Å². The predicted octanol–water partition coefficient (Wildman–Crippen LogP) is 0.566. The molecule has 2 fully saturated rings. The number of aryl methyl sites for hydroxylation is 1. The summed E-state index contributed by atoms with van der Waals surface area (Å²) in [7, 11) is 1.79. The zero-order chi connectivity index (χ0) is 30.9. The van der Waals surface area contributed by atoms with Gasteiger partial charge in [0.25, 0.3) is 11.8 Å². The summed E-state index contributed by atoms with van der Waals surface area (Å²) in [4.78, 5) is 66.1. The Hall–Kier alpha value is -3.90. The fraction of sp³-hybridized carbons (Fsp3) is 0.440. The molecule has 228 valence electrons. The molecule has 2 atom stereocenters. The molecule has 15 nitrogen and oxygen atoms in total. The first-order valence-corrected chi connectivity index (χ1v) is 16.1. The second-order valence-corrected chi connectivity index (χ2v) is 13.1. The number of nitrogen functional groups attached to an aromatic ring is 2. The van der Waals surface area contributed by atoms with Crippen molar-refractivity contribution < 1.29 is 38.8 Å². The molecule has 2 amide bonds. The van der Waals surface area contributed by atoms with Crippen molar-refractivity contribution in [3.8, 4) is 0 Å². The van der Waals surface area contributed by atoms with Crippen LogP contribution in [0.2, 0.25) is 0 Å². The lowest BCUT2D eigenvalue weighted by Gasteiger charge is -2.49. The van der Waals surface area contributed by atoms with Gasteiger partial charge in [0.05, 0.1) is 13.2 Å². The first-order valence-electron chi connectivity index (χ1n) is 13.2. The number of hydrogen-bond acceptors (Lipinski definition) is 13. The molecular weight excluding hydrogens is 621 g/mol. The van der Waals surface area contributed by atoms with E-state index in [-0.39, 0.29) is 40.8 Å². The minimum atomic E-state index is -1.58. The second-order valence-electron chi connectivity index (χ2n) is 10.1. The number of anilines is 2. The molecule has 7 N–H and O–H groups in total. The molecule has 1 saturated heterocycles. The minimum absolute atomic E-state index is 0.0602. The Morgan fingerprint density at radius 2 is 2.00 bits per heavy atom. The van der Waals surface area contributed by atoms with E-state index < -0.39 is 40.8 Å². The van der Waals surface area contributed by atoms with Gasteiger partial charge in [-0.1, -0.05) is 11.6 Å². The predicted molar refractivity (Wildman–Crippen MR) is 158 cm³/mol. The maximum Gasteiger partial charge on any atom is 0.361 e. The van der Waals surface area contributed by atoms with Gasteiger partial charge in [0.1, 0.15) is 22.8 Å². The Labute approximate surface area is 257 Å². The molecule has 43 heavy (non-hydrogen) atoms. The number of carbonyl (C=O) groups is 4. The fourth-order valence-electron chi connectivity index (χ4n) is 4.97. The number of thiazole rings is 1. The summed E-state index contributed by atoms with van der Waals surface area (Å²) in [6.07, 6.45) is 4.33. The summed E-state index contributed by atoms with van der Waals surface area (Å²) in [5, 5.41) is 27.9. The fourth-order valence-corrected chi connectivity index (χ4v) is 7.97. The van der Waals surface area contributed by atoms with Crippen molar-refractivity contribution in [2.45, 2.75) is 54.3 Å². The lowest BCUT2D eigenvalue weighted by molar-refractivity contribution is -0.713. The van der Waals surface area contributed by atoms with Crippen LogP contribution in [0.25, 0.3) is 0 Å². The lowest BCUT2D eigenvalue weighted by Crippen LogP contribution is -2.71. The number of nitrogens with one attached hydrogen (secondary N) is 1. The number of carboxylic acid groups (broad SMARTS) is 2. The molecule has 5 rings (SSSR count). The topological polar surface area (TPSA) is 227 Å². The summed E-state index contributed by atoms with van der Waals surface area (Å²) in [6, 6.07) is 0.588. The summed E-state index contributed by atoms with van der Waals surface area (Å²) >= 11 is 3.66. The van der Waals surface area contributed by atoms with Crippen molar-refractivity contribution in [1.29, 1.82) is 0 Å². The highest BCUT2D eigenvalue weighted by atomic mass is 32.2. The number of oxime groups is 1. The molecule has 3 aliphatic rings. The maximum absolute atomic E-state index is 13.4. The van der Waals surface area contributed by atoms with Crippen LogP contribution in [0.15, 0.2) is 39.2 Å². The number of rotatable bonds is 10. The van der Waals surface area contributed by atoms with E-state index in [2.05, 4.69) is 20.4 Å². The van der Waals surface area contributed by atoms with Crippen LogP contribution < -0.4 is 21.4 Å². The van der Waals surface area contributed by atoms with Crippen molar-refractivity contribution >= 4 is 75.3 Å². The number of fused-ring (bicyclic) bond motifs is 1. The van der Waals surface area contributed by atoms with Crippen molar-refractivity contribution in [2.75, 3.05) is 23.0 Å². The van der Waals surface area contributed by atoms with Crippen LogP contribution in [0.3, 0.4) is 0 Å². The van der Waals surface area contributed by atoms with E-state index in [0.717, 1.165) is 17.8 Å². The van der Waals surface area contributed by atoms with Crippen LogP contribution in [0, 0.1) is 0 Å². The zero-order valence-electron chi connectivity index (χ0n) is 22.9. The molecule has 18 heteroatoms. The average molecular weight is 650 g/mol. The summed E-state index contributed by atoms with van der Waals surface area (Å²) in [5.41, 5.74) is 10.1. The Bertz CT molecular complexity index is 1540. The molecular formula is C25H29N8O7S3+. The van der Waals surface area contributed by atoms with E-state index >= 15 is 0 Å². The monoisotopic (exact) mass is 649 g/mol. The third-order valence-corrected chi connectivity index (χ3v) is 10.4. The third-order valence-electron chi connectivity index (χ3n) is 7.25. The Morgan fingerprint density at radius 1 is 1.26 bits per heavy atom. The zero-order valence-corrected chi connectivity index (χ0v) is 25.3. The Morgan fingerprint density at radius 3 is 2.65 bits per heavy atom. The number of aliphatic carboxylic acids is 2. The van der Waals surface area contributed by atoms with Crippen LogP contribution in [0.5, 0.6) is 0 Å². The number of hydrogen-bond donors (Lipinski definition) is 5. The van der Waals surface area contributed by atoms with Gasteiger partial charge < -0.3 is 31.8 Å². The van der Waals surface area contributed by atoms with Crippen molar-refractivity contribution in [3.63, 3.8) is 0 Å². The van der Waals surface area contributed by atoms with Crippen LogP contribution in [-0.4, -0.2) is 83.1 Å². The van der Waals surface area contributed by atoms with Gasteiger partial charge in [-0.3, -0.25) is 14.5 Å². The van der Waals surface area contributed by atoms with E-state index in [0.29, 0.717) is 35.1 Å². The van der Waals surface area contributed by atoms with Crippen LogP contribution in [0.4, 0.5) is 10.9 Å². The smallest absolute Gasteiger partial charge is 0.361 e. The largest absolute Gasteiger partial charge is 0.478 e. The normalized spacial score (nSPS) is 21.6. The van der Waals surface area contributed by atoms with Gasteiger partial charge in [0, 0.05) is 35.8 Å². The average Bonchev–Trinajstić information content (AvgIpc) is 3.41. The lowest BCUT2D eigenvalue weighted by atomic mass is 9.85. The summed E-state index contributed by atoms with van der Waals surface area (Å²) < 4.78 is 1.76. The molecule has 1 saturated carbocycles. The van der Waals surface area contributed by atoms with Gasteiger partial charge in [0.2, 0.25) is 11.4 Å². The van der Waals surface area contributed by atoms with E-state index in [4.69, 9.17) is 16.3 Å². The van der Waals surface area contributed by atoms with Gasteiger partial charge >= 0.3 is 17.1 Å². The van der Waals surface area contributed by atoms with Gasteiger partial charge in [-0.15, -0.1) is 23.1 Å². The highest BCUT2D eigenvalue weighted by molar-refractivity contribution is 8.01. The first kappa shape index (κ1) is 30.6. The molecule has 1 unspecified atom stereocenters. The number of nitrogens with zero attached hydrogens (tertiary/aromatic N) is 5. The van der Waals surface area contributed by atoms with E-state index in [1.807, 2.05) is 0 Å². The SMILES string of the molecule is C[n+]1ccc(N)nc1SCC1=C(C(=O)O)N2C(=O)C(NC(=O)/C(=N\OC3(C(=O)O)CCCCC3)c3csc(N)n3)[C@H]2SC1. The van der Waals surface area contributed by atoms with E-state index in [1.54, 1.807) is 23.9 Å². The molecule has 2 aromatic heterocycles. The van der Waals surface area contributed by atoms with Crippen LogP contribution in [0.1, 0.15) is 37.8 Å². The van der Waals surface area contributed by atoms with E-state index in [1.165, 1.54) is 33.8 Å². The Kier molecular flexibility index (Phi) is 8.79. The van der Waals surface area contributed by atoms with E-state index in [9.17, 15) is 29.4 Å². The number of thioether (sulfide) groups is 2. The number of β-lactam (4-membered cyclic amide) rings is 1. The number of carboxylic acids is 2. The van der Waals surface area contributed by atoms with Crippen molar-refractivity contribution in [3.05, 3.63) is 34.6 Å². The second kappa shape index (κ2) is 12.4. The number of carbonyl (C=O) groups excluding carboxylic acids is 2. The third kappa shape index (κ3) is 6.12. The van der Waals surface area contributed by atoms with Gasteiger partial charge in [0.15, 0.2) is 10.8 Å². The summed E-state index contributed by atoms with van der Waals surface area (Å²) in [5.74, 6) is -2.99. The first-order chi connectivity index (χ1) is 20.5. The van der Waals surface area contributed by atoms with Gasteiger partial charge in [-0.25, -0.2) is 19.1 Å². The maximum atomic E-state index is 13.4. The molecule has 0 radical (unpaired) electrons. The molecule has 0 bridgehead atoms. The standard InChI is InChI=1S/C25H28N8O7S3/c1-32-8-5-14(26)29-24(32)43-10-12-9-41-20-16(19(35)33(20)17(12)21(36)37)30-18(34)15(13-11-42-23(27)28-13)31-40-25(22(38)39)6-3-2-4-7-25/h5,8,11,16,20,26H,2-4,6-7,9-10H2,1H3,(H5,27,28,30,34,36,37,38,39)/p+1/b31-15-/t16?,20-/m1/s1. The molecule has 0 aromatic carbocycles. The highest BCUT2D eigenvalue weighted by Crippen LogP contribution is 2.41. The van der Waals surface area contributed by atoms with Crippen molar-refractivity contribution in [2.24, 2.45) is 12.2 Å². The Balaban J connectivity index is 1.34. The quantitative estimate of drug-likeness (QED) is 0.0593. The van der Waals surface area contributed by atoms with Crippen molar-refractivity contribution in [1.82, 2.24) is 20.2 Å². The minimum Gasteiger partial charge on any atom is -0.478 e. The molecule has 0 spiro atoms. The number of nitrogens with two attached hydrogens (primary N) is 2. The molecule has 4 heterocycles. The van der Waals surface area contributed by atoms with Crippen LogP contribution >= 0.6 is 34.9 Å². The van der Waals surface area contributed by atoms with Crippen LogP contribution in [-0.2, 0) is 31.1 Å². The number of aromatic nitrogens is 3. The summed E-state index contributed by atoms with van der Waals surface area (Å²) in [6.45, 7) is 0. The molecule has 2 aromatic rings. The van der Waals surface area contributed by atoms with Gasteiger partial charge in [-0.05, 0) is 35.2 Å². The number of amides is 2.